The van der Waals surface area contributed by atoms with Crippen molar-refractivity contribution < 1.29 is 14.2 Å². The van der Waals surface area contributed by atoms with Gasteiger partial charge < -0.3 is 14.2 Å². The maximum atomic E-state index is 5.79. The van der Waals surface area contributed by atoms with Crippen molar-refractivity contribution in [2.75, 3.05) is 21.0 Å². The summed E-state index contributed by atoms with van der Waals surface area (Å²) in [4.78, 5) is 0. The summed E-state index contributed by atoms with van der Waals surface area (Å²) in [5.74, 6) is 1.51. The topological polar surface area (TPSA) is 27.7 Å². The minimum Gasteiger partial charge on any atom is -0.497 e. The minimum absolute atomic E-state index is 0.151. The van der Waals surface area contributed by atoms with Crippen molar-refractivity contribution in [3.63, 3.8) is 0 Å². The van der Waals surface area contributed by atoms with E-state index in [-0.39, 0.29) is 14.7 Å². The summed E-state index contributed by atoms with van der Waals surface area (Å²) in [5.41, 5.74) is 0. The van der Waals surface area contributed by atoms with Gasteiger partial charge in [-0.2, -0.15) is 0 Å². The molecule has 5 heteroatoms. The van der Waals surface area contributed by atoms with Gasteiger partial charge in [0.15, 0.2) is 6.79 Å². The van der Waals surface area contributed by atoms with Gasteiger partial charge in [0.05, 0.1) is 7.11 Å². The molecule has 0 aromatic heterocycles. The molecule has 0 saturated carbocycles. The smallest absolute Gasteiger partial charge is 0.188 e. The summed E-state index contributed by atoms with van der Waals surface area (Å²) >= 11 is 5.79. The zero-order chi connectivity index (χ0) is 10.4. The van der Waals surface area contributed by atoms with Crippen LogP contribution in [0.4, 0.5) is 0 Å². The van der Waals surface area contributed by atoms with Gasteiger partial charge in [-0.25, -0.2) is 0 Å². The molecular formula is C9H12ClO3P. The average Bonchev–Trinajstić information content (AvgIpc) is 2.26. The fourth-order valence-corrected chi connectivity index (χ4v) is 1.85. The molecule has 1 rings (SSSR count). The molecule has 0 radical (unpaired) electrons. The third kappa shape index (κ3) is 3.02. The van der Waals surface area contributed by atoms with E-state index in [0.717, 1.165) is 16.8 Å². The molecular weight excluding hydrogens is 223 g/mol. The lowest BCUT2D eigenvalue weighted by atomic mass is 10.3. The van der Waals surface area contributed by atoms with Crippen LogP contribution in [0.3, 0.4) is 0 Å². The predicted octanol–water partition coefficient (Wildman–Crippen LogP) is 2.14. The maximum Gasteiger partial charge on any atom is 0.188 e. The fourth-order valence-electron chi connectivity index (χ4n) is 0.958. The van der Waals surface area contributed by atoms with E-state index in [9.17, 15) is 0 Å². The largest absolute Gasteiger partial charge is 0.497 e. The van der Waals surface area contributed by atoms with Crippen molar-refractivity contribution in [1.82, 2.24) is 0 Å². The van der Waals surface area contributed by atoms with Crippen molar-refractivity contribution in [2.24, 2.45) is 0 Å². The molecule has 1 aromatic rings. The SMILES string of the molecule is COCOc1ccc(OC)cc1PCl. The van der Waals surface area contributed by atoms with E-state index >= 15 is 0 Å². The molecule has 0 fully saturated rings. The van der Waals surface area contributed by atoms with Crippen LogP contribution in [0.25, 0.3) is 0 Å². The van der Waals surface area contributed by atoms with Crippen molar-refractivity contribution in [3.05, 3.63) is 18.2 Å². The first-order valence-corrected chi connectivity index (χ1v) is 5.99. The van der Waals surface area contributed by atoms with E-state index in [0.29, 0.717) is 0 Å². The molecule has 1 aromatic carbocycles. The van der Waals surface area contributed by atoms with Gasteiger partial charge in [-0.1, -0.05) is 11.2 Å². The summed E-state index contributed by atoms with van der Waals surface area (Å²) in [6.07, 6.45) is 0. The Morgan fingerprint density at radius 1 is 1.36 bits per heavy atom. The van der Waals surface area contributed by atoms with Crippen molar-refractivity contribution in [2.45, 2.75) is 0 Å². The molecule has 0 aliphatic carbocycles. The van der Waals surface area contributed by atoms with E-state index < -0.39 is 0 Å². The molecule has 78 valence electrons. The molecule has 0 N–H and O–H groups in total. The number of hydrogen-bond acceptors (Lipinski definition) is 3. The Labute approximate surface area is 89.9 Å². The van der Waals surface area contributed by atoms with Crippen LogP contribution in [0.1, 0.15) is 0 Å². The van der Waals surface area contributed by atoms with Gasteiger partial charge in [0, 0.05) is 20.3 Å². The summed E-state index contributed by atoms with van der Waals surface area (Å²) in [6.45, 7) is 0.223. The lowest BCUT2D eigenvalue weighted by molar-refractivity contribution is 0.0519. The van der Waals surface area contributed by atoms with Gasteiger partial charge in [0.25, 0.3) is 0 Å². The van der Waals surface area contributed by atoms with Crippen molar-refractivity contribution >= 4 is 24.5 Å². The molecule has 0 bridgehead atoms. The normalized spacial score (nSPS) is 10.8. The lowest BCUT2D eigenvalue weighted by Crippen LogP contribution is -2.06. The molecule has 0 aliphatic heterocycles. The van der Waals surface area contributed by atoms with Crippen molar-refractivity contribution in [1.29, 1.82) is 0 Å². The van der Waals surface area contributed by atoms with Gasteiger partial charge in [0.1, 0.15) is 11.5 Å². The van der Waals surface area contributed by atoms with E-state index in [1.165, 1.54) is 0 Å². The number of methoxy groups -OCH3 is 2. The van der Waals surface area contributed by atoms with Gasteiger partial charge in [-0.3, -0.25) is 0 Å². The summed E-state index contributed by atoms with van der Waals surface area (Å²) in [7, 11) is 3.34. The van der Waals surface area contributed by atoms with Crippen LogP contribution >= 0.6 is 19.2 Å². The molecule has 0 heterocycles. The van der Waals surface area contributed by atoms with Crippen molar-refractivity contribution in [3.8, 4) is 11.5 Å². The molecule has 0 amide bonds. The summed E-state index contributed by atoms with van der Waals surface area (Å²) in [5, 5.41) is 0.920. The number of ether oxygens (including phenoxy) is 3. The molecule has 1 atom stereocenters. The Balaban J connectivity index is 2.82. The third-order valence-electron chi connectivity index (χ3n) is 1.62. The standard InChI is InChI=1S/C9H12ClO3P/c1-11-6-13-8-4-3-7(12-2)5-9(8)14-10/h3-5,14H,6H2,1-2H3. The maximum absolute atomic E-state index is 5.79. The van der Waals surface area contributed by atoms with Gasteiger partial charge in [0.2, 0.25) is 0 Å². The quantitative estimate of drug-likeness (QED) is 0.577. The van der Waals surface area contributed by atoms with Gasteiger partial charge >= 0.3 is 0 Å². The first kappa shape index (κ1) is 11.6. The Kier molecular flexibility index (Phi) is 5.02. The zero-order valence-electron chi connectivity index (χ0n) is 8.04. The van der Waals surface area contributed by atoms with E-state index in [1.807, 2.05) is 18.2 Å². The fraction of sp³-hybridized carbons (Fsp3) is 0.333. The zero-order valence-corrected chi connectivity index (χ0v) is 9.80. The third-order valence-corrected chi connectivity index (χ3v) is 2.83. The molecule has 1 unspecified atom stereocenters. The predicted molar refractivity (Wildman–Crippen MR) is 59.3 cm³/mol. The molecule has 3 nitrogen and oxygen atoms in total. The number of hydrogen-bond donors (Lipinski definition) is 0. The first-order valence-electron chi connectivity index (χ1n) is 3.98. The highest BCUT2D eigenvalue weighted by Crippen LogP contribution is 2.26. The van der Waals surface area contributed by atoms with Crippen LogP contribution in [-0.4, -0.2) is 21.0 Å². The van der Waals surface area contributed by atoms with Gasteiger partial charge in [-0.05, 0) is 18.2 Å². The number of rotatable bonds is 5. The monoisotopic (exact) mass is 234 g/mol. The van der Waals surface area contributed by atoms with E-state index in [2.05, 4.69) is 0 Å². The average molecular weight is 235 g/mol. The highest BCUT2D eigenvalue weighted by molar-refractivity contribution is 7.75. The highest BCUT2D eigenvalue weighted by atomic mass is 35.7. The van der Waals surface area contributed by atoms with E-state index in [4.69, 9.17) is 25.5 Å². The molecule has 0 aliphatic rings. The van der Waals surface area contributed by atoms with Crippen LogP contribution in [0.15, 0.2) is 18.2 Å². The van der Waals surface area contributed by atoms with Crippen LogP contribution in [0, 0.1) is 0 Å². The Bertz CT molecular complexity index is 293. The Morgan fingerprint density at radius 3 is 2.71 bits per heavy atom. The second-order valence-corrected chi connectivity index (χ2v) is 3.80. The first-order chi connectivity index (χ1) is 6.81. The highest BCUT2D eigenvalue weighted by Gasteiger charge is 2.04. The molecule has 14 heavy (non-hydrogen) atoms. The van der Waals surface area contributed by atoms with Gasteiger partial charge in [-0.15, -0.1) is 0 Å². The second kappa shape index (κ2) is 6.07. The molecule has 0 saturated heterocycles. The Hall–Kier alpha value is -0.500. The molecule has 0 spiro atoms. The van der Waals surface area contributed by atoms with Crippen LogP contribution in [0.5, 0.6) is 11.5 Å². The van der Waals surface area contributed by atoms with Crippen LogP contribution < -0.4 is 14.8 Å². The summed E-state index contributed by atoms with van der Waals surface area (Å²) in [6, 6.07) is 5.50. The van der Waals surface area contributed by atoms with Crippen LogP contribution in [-0.2, 0) is 4.74 Å². The number of halogens is 1. The van der Waals surface area contributed by atoms with Crippen LogP contribution in [0.2, 0.25) is 0 Å². The summed E-state index contributed by atoms with van der Waals surface area (Å²) < 4.78 is 15.2. The van der Waals surface area contributed by atoms with E-state index in [1.54, 1.807) is 14.2 Å². The lowest BCUT2D eigenvalue weighted by Gasteiger charge is -2.09. The Morgan fingerprint density at radius 2 is 2.14 bits per heavy atom. The second-order valence-electron chi connectivity index (χ2n) is 2.51. The number of benzene rings is 1. The minimum atomic E-state index is 0.151.